The van der Waals surface area contributed by atoms with Crippen molar-refractivity contribution in [2.24, 2.45) is 5.41 Å². The Morgan fingerprint density at radius 1 is 1.35 bits per heavy atom. The van der Waals surface area contributed by atoms with Crippen LogP contribution >= 0.6 is 11.3 Å². The lowest BCUT2D eigenvalue weighted by Crippen LogP contribution is -2.28. The number of methoxy groups -OCH3 is 1. The van der Waals surface area contributed by atoms with E-state index in [0.29, 0.717) is 10.6 Å². The summed E-state index contributed by atoms with van der Waals surface area (Å²) in [6, 6.07) is 0. The summed E-state index contributed by atoms with van der Waals surface area (Å²) in [6.45, 7) is 7.09. The first kappa shape index (κ1) is 15.0. The van der Waals surface area contributed by atoms with Crippen LogP contribution < -0.4 is 10.6 Å². The first-order chi connectivity index (χ1) is 9.34. The molecule has 0 unspecified atom stereocenters. The third-order valence-electron chi connectivity index (χ3n) is 3.23. The number of carbonyl (C=O) groups is 2. The lowest BCUT2D eigenvalue weighted by atomic mass is 9.95. The fraction of sp³-hybridized carbons (Fsp3) is 0.571. The summed E-state index contributed by atoms with van der Waals surface area (Å²) in [5.74, 6) is -0.484. The Balaban J connectivity index is 2.39. The number of rotatable bonds is 2. The number of anilines is 1. The minimum absolute atomic E-state index is 0.103. The number of hydrogen-bond donors (Lipinski definition) is 2. The van der Waals surface area contributed by atoms with E-state index in [9.17, 15) is 9.59 Å². The molecule has 2 N–H and O–H groups in total. The molecule has 2 heterocycles. The number of hydrogen-bond acceptors (Lipinski definition) is 5. The van der Waals surface area contributed by atoms with Crippen LogP contribution in [0.3, 0.4) is 0 Å². The van der Waals surface area contributed by atoms with E-state index in [1.807, 2.05) is 20.8 Å². The van der Waals surface area contributed by atoms with Gasteiger partial charge in [0.25, 0.3) is 0 Å². The Labute approximate surface area is 122 Å². The molecule has 0 fully saturated rings. The molecule has 110 valence electrons. The first-order valence-electron chi connectivity index (χ1n) is 6.59. The third kappa shape index (κ3) is 2.86. The van der Waals surface area contributed by atoms with Crippen molar-refractivity contribution >= 4 is 28.2 Å². The molecule has 1 aliphatic heterocycles. The van der Waals surface area contributed by atoms with Crippen LogP contribution in [0.1, 0.15) is 41.6 Å². The number of nitrogens with one attached hydrogen (secondary N) is 2. The smallest absolute Gasteiger partial charge is 0.341 e. The Morgan fingerprint density at radius 3 is 2.65 bits per heavy atom. The molecule has 1 aromatic heterocycles. The van der Waals surface area contributed by atoms with Gasteiger partial charge in [0, 0.05) is 16.8 Å². The highest BCUT2D eigenvalue weighted by Gasteiger charge is 2.29. The third-order valence-corrected chi connectivity index (χ3v) is 4.37. The highest BCUT2D eigenvalue weighted by Crippen LogP contribution is 2.36. The van der Waals surface area contributed by atoms with Crippen LogP contribution in [0.15, 0.2) is 0 Å². The SMILES string of the molecule is COC(=O)c1c(NC(=O)C(C)(C)C)sc2c1CCNC2. The highest BCUT2D eigenvalue weighted by atomic mass is 32.1. The van der Waals surface area contributed by atoms with Gasteiger partial charge in [-0.1, -0.05) is 20.8 Å². The largest absolute Gasteiger partial charge is 0.465 e. The van der Waals surface area contributed by atoms with Crippen LogP contribution in [0.25, 0.3) is 0 Å². The van der Waals surface area contributed by atoms with Gasteiger partial charge in [-0.05, 0) is 18.5 Å². The fourth-order valence-electron chi connectivity index (χ4n) is 2.03. The molecule has 5 nitrogen and oxygen atoms in total. The van der Waals surface area contributed by atoms with Gasteiger partial charge >= 0.3 is 5.97 Å². The van der Waals surface area contributed by atoms with E-state index in [0.717, 1.165) is 30.0 Å². The normalized spacial score (nSPS) is 14.6. The molecule has 0 aromatic carbocycles. The molecule has 0 spiro atoms. The van der Waals surface area contributed by atoms with Crippen LogP contribution in [0.4, 0.5) is 5.00 Å². The van der Waals surface area contributed by atoms with Crippen LogP contribution in [0.2, 0.25) is 0 Å². The number of ether oxygens (including phenoxy) is 1. The van der Waals surface area contributed by atoms with E-state index in [2.05, 4.69) is 10.6 Å². The first-order valence-corrected chi connectivity index (χ1v) is 7.41. The van der Waals surface area contributed by atoms with E-state index < -0.39 is 5.41 Å². The number of amides is 1. The summed E-state index contributed by atoms with van der Waals surface area (Å²) >= 11 is 1.45. The summed E-state index contributed by atoms with van der Waals surface area (Å²) in [5, 5.41) is 6.74. The average Bonchev–Trinajstić information content (AvgIpc) is 2.74. The monoisotopic (exact) mass is 296 g/mol. The van der Waals surface area contributed by atoms with Gasteiger partial charge in [-0.25, -0.2) is 4.79 Å². The van der Waals surface area contributed by atoms with E-state index >= 15 is 0 Å². The second-order valence-corrected chi connectivity index (χ2v) is 6.94. The molecule has 20 heavy (non-hydrogen) atoms. The van der Waals surface area contributed by atoms with Gasteiger partial charge < -0.3 is 15.4 Å². The Bertz CT molecular complexity index is 543. The van der Waals surface area contributed by atoms with Crippen molar-refractivity contribution in [2.45, 2.75) is 33.7 Å². The van der Waals surface area contributed by atoms with Gasteiger partial charge in [-0.3, -0.25) is 4.79 Å². The van der Waals surface area contributed by atoms with Gasteiger partial charge in [0.05, 0.1) is 12.7 Å². The van der Waals surface area contributed by atoms with Crippen molar-refractivity contribution in [3.63, 3.8) is 0 Å². The maximum atomic E-state index is 12.1. The predicted molar refractivity (Wildman–Crippen MR) is 79.2 cm³/mol. The molecule has 0 saturated heterocycles. The van der Waals surface area contributed by atoms with Gasteiger partial charge in [-0.15, -0.1) is 11.3 Å². The topological polar surface area (TPSA) is 67.4 Å². The summed E-state index contributed by atoms with van der Waals surface area (Å²) in [7, 11) is 1.36. The lowest BCUT2D eigenvalue weighted by molar-refractivity contribution is -0.123. The summed E-state index contributed by atoms with van der Waals surface area (Å²) in [5.41, 5.74) is 1.02. The van der Waals surface area contributed by atoms with Gasteiger partial charge in [0.2, 0.25) is 5.91 Å². The van der Waals surface area contributed by atoms with Crippen molar-refractivity contribution in [1.82, 2.24) is 5.32 Å². The quantitative estimate of drug-likeness (QED) is 0.821. The predicted octanol–water partition coefficient (Wildman–Crippen LogP) is 2.17. The van der Waals surface area contributed by atoms with Gasteiger partial charge in [0.15, 0.2) is 0 Å². The van der Waals surface area contributed by atoms with Gasteiger partial charge in [-0.2, -0.15) is 0 Å². The van der Waals surface area contributed by atoms with Crippen LogP contribution in [-0.4, -0.2) is 25.5 Å². The molecular weight excluding hydrogens is 276 g/mol. The maximum absolute atomic E-state index is 12.1. The molecule has 0 bridgehead atoms. The number of esters is 1. The zero-order valence-electron chi connectivity index (χ0n) is 12.3. The van der Waals surface area contributed by atoms with Crippen LogP contribution in [-0.2, 0) is 22.5 Å². The van der Waals surface area contributed by atoms with E-state index in [4.69, 9.17) is 4.74 Å². The number of carbonyl (C=O) groups excluding carboxylic acids is 2. The molecule has 0 radical (unpaired) electrons. The number of fused-ring (bicyclic) bond motifs is 1. The Morgan fingerprint density at radius 2 is 2.05 bits per heavy atom. The van der Waals surface area contributed by atoms with Crippen LogP contribution in [0, 0.1) is 5.41 Å². The molecule has 0 saturated carbocycles. The second-order valence-electron chi connectivity index (χ2n) is 5.83. The lowest BCUT2D eigenvalue weighted by Gasteiger charge is -2.17. The van der Waals surface area contributed by atoms with Crippen molar-refractivity contribution in [1.29, 1.82) is 0 Å². The molecule has 0 atom stereocenters. The Hall–Kier alpha value is -1.40. The zero-order valence-corrected chi connectivity index (χ0v) is 13.1. The minimum Gasteiger partial charge on any atom is -0.465 e. The average molecular weight is 296 g/mol. The Kier molecular flexibility index (Phi) is 4.15. The molecule has 1 aliphatic rings. The molecule has 1 aromatic rings. The van der Waals surface area contributed by atoms with Crippen molar-refractivity contribution in [3.8, 4) is 0 Å². The van der Waals surface area contributed by atoms with Crippen molar-refractivity contribution in [3.05, 3.63) is 16.0 Å². The van der Waals surface area contributed by atoms with E-state index in [1.54, 1.807) is 0 Å². The molecule has 0 aliphatic carbocycles. The molecular formula is C14H20N2O3S. The highest BCUT2D eigenvalue weighted by molar-refractivity contribution is 7.17. The molecule has 6 heteroatoms. The minimum atomic E-state index is -0.504. The summed E-state index contributed by atoms with van der Waals surface area (Å²) in [6.07, 6.45) is 0.779. The van der Waals surface area contributed by atoms with E-state index in [1.165, 1.54) is 18.4 Å². The van der Waals surface area contributed by atoms with Crippen LogP contribution in [0.5, 0.6) is 0 Å². The maximum Gasteiger partial charge on any atom is 0.341 e. The number of thiophene rings is 1. The standard InChI is InChI=1S/C14H20N2O3S/c1-14(2,3)13(18)16-11-10(12(17)19-4)8-5-6-15-7-9(8)20-11/h15H,5-7H2,1-4H3,(H,16,18). The summed E-state index contributed by atoms with van der Waals surface area (Å²) < 4.78 is 4.86. The summed E-state index contributed by atoms with van der Waals surface area (Å²) in [4.78, 5) is 25.2. The molecule has 1 amide bonds. The fourth-order valence-corrected chi connectivity index (χ4v) is 3.23. The van der Waals surface area contributed by atoms with Gasteiger partial charge in [0.1, 0.15) is 5.00 Å². The van der Waals surface area contributed by atoms with E-state index in [-0.39, 0.29) is 11.9 Å². The second kappa shape index (κ2) is 5.54. The zero-order chi connectivity index (χ0) is 14.9. The molecule has 2 rings (SSSR count). The van der Waals surface area contributed by atoms with Crippen molar-refractivity contribution in [2.75, 3.05) is 19.0 Å². The van der Waals surface area contributed by atoms with Crippen molar-refractivity contribution < 1.29 is 14.3 Å².